The molecule has 0 saturated heterocycles. The lowest BCUT2D eigenvalue weighted by atomic mass is 10.2. The van der Waals surface area contributed by atoms with Crippen molar-refractivity contribution in [1.29, 1.82) is 0 Å². The van der Waals surface area contributed by atoms with Crippen LogP contribution in [0.5, 0.6) is 17.4 Å². The molecule has 4 N–H and O–H groups in total. The number of imidazole rings is 1. The maximum Gasteiger partial charge on any atom is 0.265 e. The third kappa shape index (κ3) is 4.73. The first-order chi connectivity index (χ1) is 13.2. The average Bonchev–Trinajstić information content (AvgIpc) is 3.17. The Balaban J connectivity index is 1.70. The molecule has 0 radical (unpaired) electrons. The van der Waals surface area contributed by atoms with Crippen LogP contribution in [-0.2, 0) is 4.74 Å². The van der Waals surface area contributed by atoms with Crippen molar-refractivity contribution in [1.82, 2.24) is 14.8 Å². The number of nitrogens with two attached hydrogens (primary N) is 1. The SMILES string of the molecule is NNC(=O)c1cc(Oc2ccc(OCCOCCO)cc2)n2cncc2c1. The number of fused-ring (bicyclic) bond motifs is 1. The normalized spacial score (nSPS) is 10.7. The van der Waals surface area contributed by atoms with Crippen LogP contribution in [0.15, 0.2) is 48.9 Å². The number of hydrogen-bond donors (Lipinski definition) is 3. The second-order valence-electron chi connectivity index (χ2n) is 5.50. The number of aromatic nitrogens is 2. The second-order valence-corrected chi connectivity index (χ2v) is 5.50. The summed E-state index contributed by atoms with van der Waals surface area (Å²) in [5.41, 5.74) is 3.17. The van der Waals surface area contributed by atoms with E-state index in [9.17, 15) is 4.79 Å². The number of aliphatic hydroxyl groups is 1. The van der Waals surface area contributed by atoms with E-state index in [1.165, 1.54) is 0 Å². The number of carbonyl (C=O) groups is 1. The fraction of sp³-hybridized carbons (Fsp3) is 0.222. The molecule has 0 atom stereocenters. The molecular weight excluding hydrogens is 352 g/mol. The first-order valence-electron chi connectivity index (χ1n) is 8.27. The number of amides is 1. The Morgan fingerprint density at radius 2 is 1.93 bits per heavy atom. The van der Waals surface area contributed by atoms with E-state index in [1.807, 2.05) is 0 Å². The van der Waals surface area contributed by atoms with E-state index in [0.717, 1.165) is 0 Å². The Labute approximate surface area is 155 Å². The van der Waals surface area contributed by atoms with Crippen molar-refractivity contribution in [3.8, 4) is 17.4 Å². The van der Waals surface area contributed by atoms with Crippen molar-refractivity contribution in [3.05, 3.63) is 54.5 Å². The summed E-state index contributed by atoms with van der Waals surface area (Å²) >= 11 is 0. The summed E-state index contributed by atoms with van der Waals surface area (Å²) in [4.78, 5) is 15.9. The van der Waals surface area contributed by atoms with Crippen molar-refractivity contribution in [2.75, 3.05) is 26.4 Å². The van der Waals surface area contributed by atoms with Gasteiger partial charge >= 0.3 is 0 Å². The Hall–Kier alpha value is -3.14. The summed E-state index contributed by atoms with van der Waals surface area (Å²) in [6.45, 7) is 1.06. The van der Waals surface area contributed by atoms with Gasteiger partial charge in [-0.25, -0.2) is 10.8 Å². The van der Waals surface area contributed by atoms with Gasteiger partial charge in [0.1, 0.15) is 24.4 Å². The first kappa shape index (κ1) is 18.6. The number of aliphatic hydroxyl groups excluding tert-OH is 1. The number of rotatable bonds is 9. The van der Waals surface area contributed by atoms with Gasteiger partial charge in [-0.1, -0.05) is 0 Å². The number of hydrazine groups is 1. The van der Waals surface area contributed by atoms with Gasteiger partial charge in [-0.15, -0.1) is 0 Å². The molecule has 0 aliphatic heterocycles. The third-order valence-corrected chi connectivity index (χ3v) is 3.66. The van der Waals surface area contributed by atoms with E-state index in [2.05, 4.69) is 10.4 Å². The lowest BCUT2D eigenvalue weighted by Crippen LogP contribution is -2.30. The minimum absolute atomic E-state index is 0.00956. The van der Waals surface area contributed by atoms with Crippen LogP contribution in [0.25, 0.3) is 5.52 Å². The molecule has 3 rings (SSSR count). The van der Waals surface area contributed by atoms with Crippen LogP contribution < -0.4 is 20.7 Å². The third-order valence-electron chi connectivity index (χ3n) is 3.66. The smallest absolute Gasteiger partial charge is 0.265 e. The number of nitrogens with one attached hydrogen (secondary N) is 1. The highest BCUT2D eigenvalue weighted by Crippen LogP contribution is 2.26. The highest BCUT2D eigenvalue weighted by atomic mass is 16.5. The summed E-state index contributed by atoms with van der Waals surface area (Å²) in [6.07, 6.45) is 3.22. The molecule has 9 nitrogen and oxygen atoms in total. The van der Waals surface area contributed by atoms with Crippen LogP contribution in [0.3, 0.4) is 0 Å². The maximum atomic E-state index is 11.8. The largest absolute Gasteiger partial charge is 0.491 e. The molecule has 9 heteroatoms. The molecule has 2 aromatic heterocycles. The number of ether oxygens (including phenoxy) is 3. The molecule has 0 unspecified atom stereocenters. The Bertz CT molecular complexity index is 894. The van der Waals surface area contributed by atoms with Crippen LogP contribution in [-0.4, -0.2) is 46.8 Å². The van der Waals surface area contributed by atoms with Gasteiger partial charge in [0.15, 0.2) is 0 Å². The monoisotopic (exact) mass is 372 g/mol. The predicted molar refractivity (Wildman–Crippen MR) is 96.8 cm³/mol. The number of benzene rings is 1. The van der Waals surface area contributed by atoms with Crippen molar-refractivity contribution in [2.24, 2.45) is 5.84 Å². The number of pyridine rings is 1. The Kier molecular flexibility index (Phi) is 6.21. The summed E-state index contributed by atoms with van der Waals surface area (Å²) in [5, 5.41) is 8.63. The van der Waals surface area contributed by atoms with E-state index in [-0.39, 0.29) is 6.61 Å². The van der Waals surface area contributed by atoms with E-state index in [0.29, 0.717) is 48.3 Å². The molecule has 0 spiro atoms. The molecule has 142 valence electrons. The standard InChI is InChI=1S/C18H20N4O5/c19-21-18(24)13-9-14-11-20-12-22(14)17(10-13)27-16-3-1-15(2-4-16)26-8-7-25-6-5-23/h1-4,9-12,23H,5-8,19H2,(H,21,24). The fourth-order valence-electron chi connectivity index (χ4n) is 2.40. The van der Waals surface area contributed by atoms with E-state index >= 15 is 0 Å². The molecule has 0 saturated carbocycles. The molecular formula is C18H20N4O5. The highest BCUT2D eigenvalue weighted by molar-refractivity contribution is 5.95. The predicted octanol–water partition coefficient (Wildman–Crippen LogP) is 1.12. The van der Waals surface area contributed by atoms with Gasteiger partial charge in [0, 0.05) is 11.6 Å². The molecule has 27 heavy (non-hydrogen) atoms. The molecule has 3 aromatic rings. The summed E-state index contributed by atoms with van der Waals surface area (Å²) in [7, 11) is 0. The van der Waals surface area contributed by atoms with Crippen LogP contribution in [0.4, 0.5) is 0 Å². The zero-order valence-electron chi connectivity index (χ0n) is 14.5. The van der Waals surface area contributed by atoms with Crippen LogP contribution in [0.1, 0.15) is 10.4 Å². The van der Waals surface area contributed by atoms with Crippen LogP contribution in [0, 0.1) is 0 Å². The van der Waals surface area contributed by atoms with Gasteiger partial charge in [-0.3, -0.25) is 14.6 Å². The quantitative estimate of drug-likeness (QED) is 0.223. The van der Waals surface area contributed by atoms with Crippen molar-refractivity contribution < 1.29 is 24.1 Å². The first-order valence-corrected chi connectivity index (χ1v) is 8.27. The Morgan fingerprint density at radius 3 is 2.67 bits per heavy atom. The molecule has 0 aliphatic rings. The van der Waals surface area contributed by atoms with Crippen molar-refractivity contribution >= 4 is 11.4 Å². The highest BCUT2D eigenvalue weighted by Gasteiger charge is 2.11. The molecule has 0 aliphatic carbocycles. The molecule has 2 heterocycles. The average molecular weight is 372 g/mol. The van der Waals surface area contributed by atoms with Gasteiger partial charge in [0.25, 0.3) is 5.91 Å². The van der Waals surface area contributed by atoms with Gasteiger partial charge < -0.3 is 19.3 Å². The maximum absolute atomic E-state index is 11.8. The van der Waals surface area contributed by atoms with E-state index in [4.69, 9.17) is 25.2 Å². The van der Waals surface area contributed by atoms with Crippen molar-refractivity contribution in [2.45, 2.75) is 0 Å². The summed E-state index contributed by atoms with van der Waals surface area (Å²) in [5.74, 6) is 6.45. The van der Waals surface area contributed by atoms with Gasteiger partial charge in [-0.2, -0.15) is 0 Å². The van der Waals surface area contributed by atoms with E-state index in [1.54, 1.807) is 53.3 Å². The lowest BCUT2D eigenvalue weighted by molar-refractivity contribution is 0.0705. The second kappa shape index (κ2) is 8.99. The Morgan fingerprint density at radius 1 is 1.15 bits per heavy atom. The van der Waals surface area contributed by atoms with Gasteiger partial charge in [-0.05, 0) is 30.3 Å². The molecule has 1 aromatic carbocycles. The number of nitrogen functional groups attached to an aromatic ring is 1. The van der Waals surface area contributed by atoms with Crippen molar-refractivity contribution in [3.63, 3.8) is 0 Å². The van der Waals surface area contributed by atoms with Gasteiger partial charge in [0.2, 0.25) is 5.88 Å². The lowest BCUT2D eigenvalue weighted by Gasteiger charge is -2.11. The summed E-state index contributed by atoms with van der Waals surface area (Å²) in [6, 6.07) is 10.3. The molecule has 0 bridgehead atoms. The minimum Gasteiger partial charge on any atom is -0.491 e. The number of carbonyl (C=O) groups excluding carboxylic acids is 1. The zero-order chi connectivity index (χ0) is 19.1. The number of hydrogen-bond acceptors (Lipinski definition) is 7. The molecule has 1 amide bonds. The zero-order valence-corrected chi connectivity index (χ0v) is 14.5. The summed E-state index contributed by atoms with van der Waals surface area (Å²) < 4.78 is 18.3. The van der Waals surface area contributed by atoms with Crippen LogP contribution in [0.2, 0.25) is 0 Å². The van der Waals surface area contributed by atoms with Crippen LogP contribution >= 0.6 is 0 Å². The van der Waals surface area contributed by atoms with Gasteiger partial charge in [0.05, 0.1) is 31.5 Å². The van der Waals surface area contributed by atoms with E-state index < -0.39 is 5.91 Å². The molecule has 0 fully saturated rings. The fourth-order valence-corrected chi connectivity index (χ4v) is 2.40. The number of nitrogens with zero attached hydrogens (tertiary/aromatic N) is 2. The topological polar surface area (TPSA) is 120 Å². The minimum atomic E-state index is -0.421.